The number of anilines is 1. The molecule has 1 heterocycles. The van der Waals surface area contributed by atoms with Gasteiger partial charge in [0.15, 0.2) is 0 Å². The number of aromatic nitrogens is 1. The maximum absolute atomic E-state index is 6.39. The number of thioether (sulfide) groups is 1. The number of halogens is 2. The zero-order valence-electron chi connectivity index (χ0n) is 20.9. The lowest BCUT2D eigenvalue weighted by Gasteiger charge is -2.29. The molecule has 1 aromatic heterocycles. The van der Waals surface area contributed by atoms with Crippen molar-refractivity contribution in [2.24, 2.45) is 11.1 Å². The summed E-state index contributed by atoms with van der Waals surface area (Å²) < 4.78 is 0. The normalized spacial score (nSPS) is 12.6. The molecule has 0 spiro atoms. The average Bonchev–Trinajstić information content (AvgIpc) is 2.78. The fourth-order valence-electron chi connectivity index (χ4n) is 3.19. The minimum atomic E-state index is -0.219. The molecule has 0 aliphatic heterocycles. The van der Waals surface area contributed by atoms with Gasteiger partial charge in [-0.25, -0.2) is 0 Å². The van der Waals surface area contributed by atoms with Gasteiger partial charge in [0.2, 0.25) is 0 Å². The Morgan fingerprint density at radius 3 is 2.44 bits per heavy atom. The molecule has 0 aliphatic carbocycles. The number of allylic oxidation sites excluding steroid dienone is 6. The lowest BCUT2D eigenvalue weighted by Crippen LogP contribution is -2.17. The summed E-state index contributed by atoms with van der Waals surface area (Å²) in [6.45, 7) is 14.5. The van der Waals surface area contributed by atoms with Gasteiger partial charge in [-0.15, -0.1) is 11.6 Å². The number of nitrogens with one attached hydrogen (secondary N) is 1. The summed E-state index contributed by atoms with van der Waals surface area (Å²) in [6.07, 6.45) is 11.0. The minimum Gasteiger partial charge on any atom is -0.402 e. The third kappa shape index (κ3) is 11.8. The van der Waals surface area contributed by atoms with Crippen molar-refractivity contribution in [2.75, 3.05) is 11.2 Å². The van der Waals surface area contributed by atoms with E-state index in [9.17, 15) is 0 Å². The zero-order chi connectivity index (χ0) is 25.6. The molecule has 0 radical (unpaired) electrons. The largest absolute Gasteiger partial charge is 0.402 e. The van der Waals surface area contributed by atoms with E-state index in [1.807, 2.05) is 61.8 Å². The Hall–Kier alpha value is -2.14. The van der Waals surface area contributed by atoms with Gasteiger partial charge in [-0.2, -0.15) is 0 Å². The average molecular weight is 519 g/mol. The molecule has 0 saturated carbocycles. The summed E-state index contributed by atoms with van der Waals surface area (Å²) in [5.41, 5.74) is 10.3. The number of aryl methyl sites for hydroxylation is 2. The van der Waals surface area contributed by atoms with Crippen molar-refractivity contribution in [3.63, 3.8) is 0 Å². The molecule has 0 unspecified atom stereocenters. The number of alkyl halides is 1. The van der Waals surface area contributed by atoms with Crippen LogP contribution in [0, 0.1) is 12.3 Å². The Morgan fingerprint density at radius 2 is 1.91 bits per heavy atom. The summed E-state index contributed by atoms with van der Waals surface area (Å²) in [4.78, 5) is 4.94. The van der Waals surface area contributed by atoms with Crippen molar-refractivity contribution in [1.82, 2.24) is 4.98 Å². The molecule has 0 fully saturated rings. The summed E-state index contributed by atoms with van der Waals surface area (Å²) in [7, 11) is 0. The van der Waals surface area contributed by atoms with Crippen molar-refractivity contribution in [2.45, 2.75) is 47.5 Å². The van der Waals surface area contributed by atoms with Crippen LogP contribution in [-0.2, 0) is 6.42 Å². The van der Waals surface area contributed by atoms with Crippen molar-refractivity contribution >= 4 is 40.7 Å². The van der Waals surface area contributed by atoms with E-state index in [0.717, 1.165) is 32.8 Å². The second-order valence-corrected chi connectivity index (χ2v) is 10.4. The van der Waals surface area contributed by atoms with E-state index >= 15 is 0 Å². The smallest absolute Gasteiger partial charge is 0.0698 e. The van der Waals surface area contributed by atoms with Gasteiger partial charge in [-0.1, -0.05) is 75.0 Å². The number of nitrogens with zero attached hydrogens (tertiary/aromatic N) is 1. The first-order valence-electron chi connectivity index (χ1n) is 11.2. The first-order chi connectivity index (χ1) is 16.1. The van der Waals surface area contributed by atoms with E-state index in [0.29, 0.717) is 12.3 Å². The highest BCUT2D eigenvalue weighted by Gasteiger charge is 2.27. The molecule has 3 nitrogen and oxygen atoms in total. The molecular weight excluding hydrogens is 481 g/mol. The maximum atomic E-state index is 6.39. The predicted molar refractivity (Wildman–Crippen MR) is 154 cm³/mol. The van der Waals surface area contributed by atoms with Crippen LogP contribution in [0.3, 0.4) is 0 Å². The SMILES string of the molecule is C=C(Nc1cccc(C)c1)S/C(=C(\C)N)C(C)(C)C/C(Cl)=C\C=C/CCl.CCc1ccncc1. The quantitative estimate of drug-likeness (QED) is 0.244. The highest BCUT2D eigenvalue weighted by Crippen LogP contribution is 2.44. The number of hydrogen-bond donors (Lipinski definition) is 2. The third-order valence-corrected chi connectivity index (χ3v) is 6.64. The second-order valence-electron chi connectivity index (χ2n) is 8.50. The van der Waals surface area contributed by atoms with Crippen molar-refractivity contribution in [3.8, 4) is 0 Å². The van der Waals surface area contributed by atoms with Crippen LogP contribution in [0.15, 0.2) is 94.3 Å². The van der Waals surface area contributed by atoms with E-state index in [1.165, 1.54) is 11.1 Å². The summed E-state index contributed by atoms with van der Waals surface area (Å²) >= 11 is 13.6. The van der Waals surface area contributed by atoms with Gasteiger partial charge in [0, 0.05) is 45.0 Å². The molecule has 0 atom stereocenters. The van der Waals surface area contributed by atoms with Crippen molar-refractivity contribution < 1.29 is 0 Å². The van der Waals surface area contributed by atoms with Gasteiger partial charge in [0.05, 0.1) is 5.03 Å². The number of hydrogen-bond acceptors (Lipinski definition) is 4. The van der Waals surface area contributed by atoms with E-state index < -0.39 is 0 Å². The van der Waals surface area contributed by atoms with Gasteiger partial charge in [-0.05, 0) is 68.2 Å². The molecule has 6 heteroatoms. The number of rotatable bonds is 10. The second kappa shape index (κ2) is 15.7. The summed E-state index contributed by atoms with van der Waals surface area (Å²) in [5, 5.41) is 4.92. The molecule has 0 bridgehead atoms. The number of benzene rings is 1. The molecule has 0 saturated heterocycles. The van der Waals surface area contributed by atoms with Crippen LogP contribution >= 0.6 is 35.0 Å². The van der Waals surface area contributed by atoms with Gasteiger partial charge >= 0.3 is 0 Å². The van der Waals surface area contributed by atoms with Crippen LogP contribution < -0.4 is 11.1 Å². The first kappa shape index (κ1) is 29.9. The fraction of sp³-hybridized carbons (Fsp3) is 0.321. The van der Waals surface area contributed by atoms with Gasteiger partial charge in [0.25, 0.3) is 0 Å². The van der Waals surface area contributed by atoms with Crippen LogP contribution in [0.5, 0.6) is 0 Å². The van der Waals surface area contributed by atoms with E-state index in [4.69, 9.17) is 28.9 Å². The zero-order valence-corrected chi connectivity index (χ0v) is 23.2. The molecule has 3 N–H and O–H groups in total. The standard InChI is InChI=1S/C21H28Cl2N2S.C7H9N/c1-15-9-8-11-19(13-15)25-17(3)26-20(16(2)24)21(4,5)14-18(23)10-6-7-12-22;1-2-7-3-5-8-6-4-7/h6-11,13,25H,3,12,14,24H2,1-2,4-5H3;3-6H,2H2,1H3/b7-6-,18-10+,20-16+;. The maximum Gasteiger partial charge on any atom is 0.0698 e. The molecule has 34 heavy (non-hydrogen) atoms. The van der Waals surface area contributed by atoms with Gasteiger partial charge < -0.3 is 11.1 Å². The van der Waals surface area contributed by atoms with Gasteiger partial charge in [0.1, 0.15) is 0 Å². The summed E-state index contributed by atoms with van der Waals surface area (Å²) in [6, 6.07) is 12.2. The van der Waals surface area contributed by atoms with Crippen LogP contribution in [0.4, 0.5) is 5.69 Å². The van der Waals surface area contributed by atoms with Gasteiger partial charge in [-0.3, -0.25) is 4.98 Å². The molecule has 184 valence electrons. The lowest BCUT2D eigenvalue weighted by atomic mass is 9.87. The van der Waals surface area contributed by atoms with E-state index in [1.54, 1.807) is 11.8 Å². The molecular formula is C28H37Cl2N3S. The van der Waals surface area contributed by atoms with E-state index in [2.05, 4.69) is 56.7 Å². The predicted octanol–water partition coefficient (Wildman–Crippen LogP) is 8.78. The highest BCUT2D eigenvalue weighted by atomic mass is 35.5. The van der Waals surface area contributed by atoms with Crippen LogP contribution in [0.2, 0.25) is 0 Å². The van der Waals surface area contributed by atoms with E-state index in [-0.39, 0.29) is 5.41 Å². The Kier molecular flexibility index (Phi) is 13.8. The number of pyridine rings is 1. The fourth-order valence-corrected chi connectivity index (χ4v) is 4.62. The molecule has 0 amide bonds. The van der Waals surface area contributed by atoms with Crippen LogP contribution in [0.1, 0.15) is 45.2 Å². The van der Waals surface area contributed by atoms with Crippen LogP contribution in [-0.4, -0.2) is 10.9 Å². The Morgan fingerprint density at radius 1 is 1.24 bits per heavy atom. The third-order valence-electron chi connectivity index (χ3n) is 4.77. The molecule has 1 aromatic carbocycles. The monoisotopic (exact) mass is 517 g/mol. The lowest BCUT2D eigenvalue weighted by molar-refractivity contribution is 0.470. The first-order valence-corrected chi connectivity index (χ1v) is 12.9. The Labute approximate surface area is 220 Å². The Balaban J connectivity index is 0.000000605. The summed E-state index contributed by atoms with van der Waals surface area (Å²) in [5.74, 6) is 0.470. The molecule has 0 aliphatic rings. The van der Waals surface area contributed by atoms with Crippen molar-refractivity contribution in [1.29, 1.82) is 0 Å². The van der Waals surface area contributed by atoms with Crippen LogP contribution in [0.25, 0.3) is 0 Å². The number of nitrogens with two attached hydrogens (primary N) is 1. The molecule has 2 rings (SSSR count). The molecule has 2 aromatic rings. The minimum absolute atomic E-state index is 0.219. The van der Waals surface area contributed by atoms with Crippen molar-refractivity contribution in [3.05, 3.63) is 105 Å². The highest BCUT2D eigenvalue weighted by molar-refractivity contribution is 8.06. The Bertz CT molecular complexity index is 992. The topological polar surface area (TPSA) is 50.9 Å².